The number of amides is 1. The summed E-state index contributed by atoms with van der Waals surface area (Å²) >= 11 is 6.05. The summed E-state index contributed by atoms with van der Waals surface area (Å²) in [6.07, 6.45) is 0. The predicted molar refractivity (Wildman–Crippen MR) is 152 cm³/mol. The molecule has 1 aliphatic heterocycles. The van der Waals surface area contributed by atoms with Crippen molar-refractivity contribution in [1.82, 2.24) is 0 Å². The molecule has 1 heterocycles. The number of benzene rings is 3. The Morgan fingerprint density at radius 3 is 2.25 bits per heavy atom. The van der Waals surface area contributed by atoms with E-state index in [0.717, 1.165) is 11.6 Å². The molecule has 9 heteroatoms. The molecule has 0 aromatic heterocycles. The van der Waals surface area contributed by atoms with Gasteiger partial charge in [-0.25, -0.2) is 4.39 Å². The van der Waals surface area contributed by atoms with Gasteiger partial charge in [0.25, 0.3) is 11.7 Å². The van der Waals surface area contributed by atoms with Gasteiger partial charge in [0.2, 0.25) is 0 Å². The van der Waals surface area contributed by atoms with E-state index in [1.165, 1.54) is 31.3 Å². The van der Waals surface area contributed by atoms with Crippen LogP contribution in [0.5, 0.6) is 17.2 Å². The van der Waals surface area contributed by atoms with Crippen molar-refractivity contribution >= 4 is 34.7 Å². The molecular weight excluding hydrogens is 537 g/mol. The molecule has 40 heavy (non-hydrogen) atoms. The quantitative estimate of drug-likeness (QED) is 0.192. The molecule has 0 bridgehead atoms. The number of nitrogens with zero attached hydrogens (tertiary/aromatic N) is 1. The summed E-state index contributed by atoms with van der Waals surface area (Å²) in [5.74, 6) is -1.37. The second-order valence-corrected chi connectivity index (χ2v) is 10.7. The van der Waals surface area contributed by atoms with Crippen LogP contribution in [0.4, 0.5) is 10.1 Å². The average molecular weight is 568 g/mol. The van der Waals surface area contributed by atoms with Gasteiger partial charge in [0, 0.05) is 16.8 Å². The number of ketones is 1. The molecule has 3 aromatic carbocycles. The van der Waals surface area contributed by atoms with E-state index in [4.69, 9.17) is 25.8 Å². The summed E-state index contributed by atoms with van der Waals surface area (Å²) in [5, 5.41) is 11.4. The van der Waals surface area contributed by atoms with Gasteiger partial charge in [-0.05, 0) is 66.4 Å². The molecule has 1 saturated heterocycles. The maximum atomic E-state index is 14.0. The number of hydrogen-bond donors (Lipinski definition) is 1. The molecule has 7 nitrogen and oxygen atoms in total. The van der Waals surface area contributed by atoms with E-state index in [1.807, 2.05) is 27.7 Å². The first-order valence-corrected chi connectivity index (χ1v) is 13.1. The molecule has 0 radical (unpaired) electrons. The Balaban J connectivity index is 1.99. The van der Waals surface area contributed by atoms with Crippen LogP contribution >= 0.6 is 11.6 Å². The normalized spacial score (nSPS) is 16.8. The summed E-state index contributed by atoms with van der Waals surface area (Å²) in [6.45, 7) is 8.37. The van der Waals surface area contributed by atoms with Crippen LogP contribution in [0, 0.1) is 5.82 Å². The fourth-order valence-corrected chi connectivity index (χ4v) is 4.95. The Bertz CT molecular complexity index is 1510. The maximum absolute atomic E-state index is 14.0. The fraction of sp³-hybridized carbons (Fsp3) is 0.290. The highest BCUT2D eigenvalue weighted by Gasteiger charge is 2.47. The second kappa shape index (κ2) is 11.2. The summed E-state index contributed by atoms with van der Waals surface area (Å²) < 4.78 is 30.6. The van der Waals surface area contributed by atoms with E-state index in [0.29, 0.717) is 35.0 Å². The number of aliphatic hydroxyl groups is 1. The first kappa shape index (κ1) is 29.0. The Morgan fingerprint density at radius 1 is 0.975 bits per heavy atom. The molecule has 1 atom stereocenters. The number of methoxy groups -OCH3 is 2. The van der Waals surface area contributed by atoms with Crippen molar-refractivity contribution < 1.29 is 33.3 Å². The number of carbonyl (C=O) groups is 2. The van der Waals surface area contributed by atoms with Crippen molar-refractivity contribution in [2.24, 2.45) is 0 Å². The molecule has 3 aromatic rings. The summed E-state index contributed by atoms with van der Waals surface area (Å²) in [6, 6.07) is 12.7. The van der Waals surface area contributed by atoms with Gasteiger partial charge in [0.05, 0.1) is 37.5 Å². The van der Waals surface area contributed by atoms with Crippen LogP contribution in [0.15, 0.2) is 60.2 Å². The lowest BCUT2D eigenvalue weighted by molar-refractivity contribution is -0.132. The van der Waals surface area contributed by atoms with Crippen molar-refractivity contribution in [3.63, 3.8) is 0 Å². The van der Waals surface area contributed by atoms with Crippen molar-refractivity contribution in [3.8, 4) is 17.2 Å². The zero-order chi connectivity index (χ0) is 29.4. The number of rotatable bonds is 7. The van der Waals surface area contributed by atoms with E-state index in [2.05, 4.69) is 0 Å². The molecule has 0 spiro atoms. The number of Topliss-reactive ketones (excluding diaryl/α,β-unsaturated/α-hetero) is 1. The third-order valence-electron chi connectivity index (χ3n) is 6.71. The van der Waals surface area contributed by atoms with E-state index >= 15 is 0 Å². The fourth-order valence-electron chi connectivity index (χ4n) is 4.77. The van der Waals surface area contributed by atoms with E-state index in [-0.39, 0.29) is 27.5 Å². The largest absolute Gasteiger partial charge is 0.507 e. The number of carbonyl (C=O) groups excluding carboxylic acids is 2. The van der Waals surface area contributed by atoms with Crippen LogP contribution in [0.25, 0.3) is 5.76 Å². The third kappa shape index (κ3) is 5.23. The zero-order valence-corrected chi connectivity index (χ0v) is 23.9. The van der Waals surface area contributed by atoms with Crippen LogP contribution in [0.3, 0.4) is 0 Å². The maximum Gasteiger partial charge on any atom is 0.300 e. The zero-order valence-electron chi connectivity index (χ0n) is 23.2. The van der Waals surface area contributed by atoms with E-state index in [1.54, 1.807) is 36.4 Å². The molecular formula is C31H31ClFNO6. The van der Waals surface area contributed by atoms with Crippen LogP contribution in [-0.2, 0) is 15.0 Å². The summed E-state index contributed by atoms with van der Waals surface area (Å²) in [5.41, 5.74) is 1.33. The minimum Gasteiger partial charge on any atom is -0.507 e. The van der Waals surface area contributed by atoms with Gasteiger partial charge >= 0.3 is 0 Å². The first-order valence-electron chi connectivity index (χ1n) is 12.7. The Kier molecular flexibility index (Phi) is 8.12. The summed E-state index contributed by atoms with van der Waals surface area (Å²) in [7, 11) is 2.95. The molecule has 4 rings (SSSR count). The van der Waals surface area contributed by atoms with Gasteiger partial charge in [-0.2, -0.15) is 0 Å². The van der Waals surface area contributed by atoms with Gasteiger partial charge in [-0.15, -0.1) is 0 Å². The van der Waals surface area contributed by atoms with Gasteiger partial charge in [0.15, 0.2) is 11.5 Å². The summed E-state index contributed by atoms with van der Waals surface area (Å²) in [4.78, 5) is 28.3. The highest BCUT2D eigenvalue weighted by Crippen LogP contribution is 2.45. The Labute approximate surface area is 237 Å². The van der Waals surface area contributed by atoms with Crippen LogP contribution in [0.2, 0.25) is 5.02 Å². The predicted octanol–water partition coefficient (Wildman–Crippen LogP) is 6.82. The number of aliphatic hydroxyl groups excluding tert-OH is 1. The molecule has 1 aliphatic rings. The van der Waals surface area contributed by atoms with Crippen LogP contribution in [0.1, 0.15) is 50.4 Å². The number of hydrogen-bond acceptors (Lipinski definition) is 6. The first-order chi connectivity index (χ1) is 18.9. The highest BCUT2D eigenvalue weighted by molar-refractivity contribution is 6.51. The van der Waals surface area contributed by atoms with Crippen molar-refractivity contribution in [1.29, 1.82) is 0 Å². The van der Waals surface area contributed by atoms with Gasteiger partial charge < -0.3 is 19.3 Å². The molecule has 1 amide bonds. The highest BCUT2D eigenvalue weighted by atomic mass is 35.5. The Hall–Kier alpha value is -4.04. The molecule has 0 saturated carbocycles. The second-order valence-electron chi connectivity index (χ2n) is 10.3. The molecule has 210 valence electrons. The molecule has 1 N–H and O–H groups in total. The molecule has 1 fully saturated rings. The smallest absolute Gasteiger partial charge is 0.300 e. The average Bonchev–Trinajstić information content (AvgIpc) is 3.19. The van der Waals surface area contributed by atoms with Crippen molar-refractivity contribution in [2.75, 3.05) is 25.7 Å². The van der Waals surface area contributed by atoms with E-state index < -0.39 is 23.5 Å². The van der Waals surface area contributed by atoms with E-state index in [9.17, 15) is 19.1 Å². The minimum atomic E-state index is -1.08. The lowest BCUT2D eigenvalue weighted by atomic mass is 9.84. The molecule has 0 aliphatic carbocycles. The minimum absolute atomic E-state index is 0.137. The van der Waals surface area contributed by atoms with Crippen LogP contribution < -0.4 is 19.1 Å². The number of ether oxygens (including phenoxy) is 3. The van der Waals surface area contributed by atoms with Gasteiger partial charge in [-0.1, -0.05) is 38.4 Å². The SMILES string of the molecule is CCOc1ccc(/C(O)=C2\C(=O)C(=O)N(c3ccc(F)c(Cl)c3)C2c2ccc(OC)c(OC)c2)cc1C(C)(C)C. The van der Waals surface area contributed by atoms with Gasteiger partial charge in [-0.3, -0.25) is 14.5 Å². The van der Waals surface area contributed by atoms with Crippen molar-refractivity contribution in [3.05, 3.63) is 87.7 Å². The van der Waals surface area contributed by atoms with Crippen LogP contribution in [-0.4, -0.2) is 37.6 Å². The van der Waals surface area contributed by atoms with Crippen molar-refractivity contribution in [2.45, 2.75) is 39.2 Å². The number of halogens is 2. The van der Waals surface area contributed by atoms with Gasteiger partial charge in [0.1, 0.15) is 17.3 Å². The lowest BCUT2D eigenvalue weighted by Gasteiger charge is -2.26. The number of anilines is 1. The molecule has 1 unspecified atom stereocenters. The topological polar surface area (TPSA) is 85.3 Å². The third-order valence-corrected chi connectivity index (χ3v) is 7.00. The monoisotopic (exact) mass is 567 g/mol. The Morgan fingerprint density at radius 2 is 1.65 bits per heavy atom. The lowest BCUT2D eigenvalue weighted by Crippen LogP contribution is -2.29. The standard InChI is InChI=1S/C31H31ClFNO6/c1-7-40-23-12-9-18(14-20(23)31(2,3)4)28(35)26-27(17-8-13-24(38-5)25(15-17)39-6)34(30(37)29(26)36)19-10-11-22(33)21(32)16-19/h8-16,27,35H,7H2,1-6H3/b28-26+.